The van der Waals surface area contributed by atoms with Gasteiger partial charge in [-0.2, -0.15) is 0 Å². The molecule has 2 aromatic heterocycles. The zero-order valence-electron chi connectivity index (χ0n) is 13.8. The van der Waals surface area contributed by atoms with Gasteiger partial charge in [-0.05, 0) is 36.8 Å². The van der Waals surface area contributed by atoms with Crippen LogP contribution in [-0.4, -0.2) is 24.7 Å². The molecule has 4 aromatic rings. The highest BCUT2D eigenvalue weighted by molar-refractivity contribution is 7.98. The molecule has 0 atom stereocenters. The minimum Gasteiger partial charge on any atom is -0.309 e. The molecule has 2 heterocycles. The summed E-state index contributed by atoms with van der Waals surface area (Å²) in [6.07, 6.45) is 1.63. The van der Waals surface area contributed by atoms with Gasteiger partial charge in [0.15, 0.2) is 5.16 Å². The van der Waals surface area contributed by atoms with Crippen molar-refractivity contribution in [2.45, 2.75) is 17.8 Å². The second-order valence-electron chi connectivity index (χ2n) is 5.74. The lowest BCUT2D eigenvalue weighted by Crippen LogP contribution is -2.12. The average molecular weight is 384 g/mol. The molecular weight excluding hydrogens is 370 g/mol. The number of rotatable bonds is 4. The van der Waals surface area contributed by atoms with Crippen molar-refractivity contribution in [3.05, 3.63) is 75.6 Å². The predicted octanol–water partition coefficient (Wildman–Crippen LogP) is 3.76. The molecule has 0 aliphatic rings. The van der Waals surface area contributed by atoms with Crippen LogP contribution >= 0.6 is 23.4 Å². The zero-order chi connectivity index (χ0) is 18.1. The third kappa shape index (κ3) is 3.23. The van der Waals surface area contributed by atoms with Crippen molar-refractivity contribution in [3.63, 3.8) is 0 Å². The summed E-state index contributed by atoms with van der Waals surface area (Å²) in [5.41, 5.74) is 2.44. The molecule has 26 heavy (non-hydrogen) atoms. The van der Waals surface area contributed by atoms with E-state index in [1.807, 2.05) is 47.9 Å². The first kappa shape index (κ1) is 16.8. The van der Waals surface area contributed by atoms with Gasteiger partial charge in [0.05, 0.1) is 22.3 Å². The maximum atomic E-state index is 12.3. The molecule has 8 heteroatoms. The van der Waals surface area contributed by atoms with Gasteiger partial charge in [0, 0.05) is 5.02 Å². The minimum atomic E-state index is -0.134. The van der Waals surface area contributed by atoms with E-state index in [4.69, 9.17) is 11.6 Å². The number of hydrogen-bond acceptors (Lipinski definition) is 5. The molecule has 2 aromatic carbocycles. The lowest BCUT2D eigenvalue weighted by atomic mass is 10.1. The zero-order valence-corrected chi connectivity index (χ0v) is 15.4. The monoisotopic (exact) mass is 383 g/mol. The Labute approximate surface area is 158 Å². The van der Waals surface area contributed by atoms with E-state index < -0.39 is 0 Å². The Balaban J connectivity index is 1.63. The Bertz CT molecular complexity index is 1150. The van der Waals surface area contributed by atoms with Crippen LogP contribution < -0.4 is 5.56 Å². The summed E-state index contributed by atoms with van der Waals surface area (Å²) in [4.78, 5) is 19.7. The number of thioether (sulfide) groups is 1. The van der Waals surface area contributed by atoms with Crippen LogP contribution in [0.15, 0.2) is 58.7 Å². The average Bonchev–Trinajstić information content (AvgIpc) is 3.09. The highest BCUT2D eigenvalue weighted by atomic mass is 35.5. The van der Waals surface area contributed by atoms with Gasteiger partial charge in [0.25, 0.3) is 5.56 Å². The Kier molecular flexibility index (Phi) is 4.48. The molecule has 0 saturated heterocycles. The molecule has 0 aliphatic carbocycles. The molecule has 0 fully saturated rings. The van der Waals surface area contributed by atoms with Crippen molar-refractivity contribution in [2.24, 2.45) is 0 Å². The number of para-hydroxylation sites is 1. The van der Waals surface area contributed by atoms with E-state index in [0.717, 1.165) is 16.8 Å². The molecular formula is C18H14ClN5OS. The number of aryl methyl sites for hydroxylation is 1. The van der Waals surface area contributed by atoms with Crippen LogP contribution in [0.2, 0.25) is 5.02 Å². The van der Waals surface area contributed by atoms with Crippen molar-refractivity contribution >= 4 is 34.3 Å². The summed E-state index contributed by atoms with van der Waals surface area (Å²) < 4.78 is 1.85. The van der Waals surface area contributed by atoms with E-state index in [0.29, 0.717) is 27.1 Å². The van der Waals surface area contributed by atoms with Crippen molar-refractivity contribution in [1.82, 2.24) is 24.7 Å². The number of halogens is 1. The van der Waals surface area contributed by atoms with E-state index in [1.54, 1.807) is 12.4 Å². The molecule has 0 spiro atoms. The third-order valence-electron chi connectivity index (χ3n) is 3.93. The van der Waals surface area contributed by atoms with Crippen molar-refractivity contribution in [2.75, 3.05) is 0 Å². The summed E-state index contributed by atoms with van der Waals surface area (Å²) in [5.74, 6) is 1.07. The molecule has 0 unspecified atom stereocenters. The number of nitrogens with one attached hydrogen (secondary N) is 1. The van der Waals surface area contributed by atoms with Crippen LogP contribution in [0.1, 0.15) is 11.4 Å². The molecule has 0 bridgehead atoms. The lowest BCUT2D eigenvalue weighted by Gasteiger charge is -2.07. The summed E-state index contributed by atoms with van der Waals surface area (Å²) >= 11 is 7.51. The number of aromatic amines is 1. The van der Waals surface area contributed by atoms with Gasteiger partial charge in [-0.15, -0.1) is 10.2 Å². The van der Waals surface area contributed by atoms with E-state index in [2.05, 4.69) is 20.2 Å². The van der Waals surface area contributed by atoms with Crippen LogP contribution in [-0.2, 0) is 5.75 Å². The predicted molar refractivity (Wildman–Crippen MR) is 103 cm³/mol. The fourth-order valence-electron chi connectivity index (χ4n) is 2.68. The fraction of sp³-hybridized carbons (Fsp3) is 0.111. The third-order valence-corrected chi connectivity index (χ3v) is 5.12. The number of hydrogen-bond donors (Lipinski definition) is 1. The second-order valence-corrected chi connectivity index (χ2v) is 7.11. The largest absolute Gasteiger partial charge is 0.309 e. The topological polar surface area (TPSA) is 76.5 Å². The Hall–Kier alpha value is -2.64. The molecule has 130 valence electrons. The van der Waals surface area contributed by atoms with Gasteiger partial charge < -0.3 is 4.98 Å². The molecule has 0 aliphatic heterocycles. The van der Waals surface area contributed by atoms with Crippen LogP contribution in [0.3, 0.4) is 0 Å². The first-order valence-electron chi connectivity index (χ1n) is 7.89. The molecule has 0 saturated carbocycles. The van der Waals surface area contributed by atoms with Gasteiger partial charge in [0.2, 0.25) is 0 Å². The van der Waals surface area contributed by atoms with Crippen LogP contribution in [0, 0.1) is 6.92 Å². The molecule has 0 amide bonds. The van der Waals surface area contributed by atoms with Crippen molar-refractivity contribution in [3.8, 4) is 5.69 Å². The fourth-order valence-corrected chi connectivity index (χ4v) is 3.66. The second kappa shape index (κ2) is 6.93. The molecule has 4 rings (SSSR count). The SMILES string of the molecule is Cc1cccc2c(=O)[nH]c(CSc3nncn3-c3cccc(Cl)c3)nc12. The Morgan fingerprint density at radius 3 is 2.92 bits per heavy atom. The first-order chi connectivity index (χ1) is 12.6. The van der Waals surface area contributed by atoms with E-state index in [-0.39, 0.29) is 5.56 Å². The van der Waals surface area contributed by atoms with Crippen LogP contribution in [0.5, 0.6) is 0 Å². The van der Waals surface area contributed by atoms with E-state index in [9.17, 15) is 4.79 Å². The quantitative estimate of drug-likeness (QED) is 0.543. The summed E-state index contributed by atoms with van der Waals surface area (Å²) in [6, 6.07) is 13.0. The number of fused-ring (bicyclic) bond motifs is 1. The maximum Gasteiger partial charge on any atom is 0.258 e. The molecule has 0 radical (unpaired) electrons. The van der Waals surface area contributed by atoms with Gasteiger partial charge in [-0.1, -0.05) is 41.6 Å². The normalized spacial score (nSPS) is 11.2. The van der Waals surface area contributed by atoms with Gasteiger partial charge in [0.1, 0.15) is 12.2 Å². The summed E-state index contributed by atoms with van der Waals surface area (Å²) in [5, 5.41) is 10.1. The smallest absolute Gasteiger partial charge is 0.258 e. The van der Waals surface area contributed by atoms with Gasteiger partial charge in [-0.25, -0.2) is 4.98 Å². The lowest BCUT2D eigenvalue weighted by molar-refractivity contribution is 0.881. The highest BCUT2D eigenvalue weighted by Crippen LogP contribution is 2.24. The van der Waals surface area contributed by atoms with Gasteiger partial charge >= 0.3 is 0 Å². The Morgan fingerprint density at radius 2 is 2.08 bits per heavy atom. The minimum absolute atomic E-state index is 0.134. The maximum absolute atomic E-state index is 12.3. The number of aromatic nitrogens is 5. The number of H-pyrrole nitrogens is 1. The van der Waals surface area contributed by atoms with Gasteiger partial charge in [-0.3, -0.25) is 9.36 Å². The number of benzene rings is 2. The van der Waals surface area contributed by atoms with E-state index in [1.165, 1.54) is 11.8 Å². The first-order valence-corrected chi connectivity index (χ1v) is 9.25. The highest BCUT2D eigenvalue weighted by Gasteiger charge is 2.11. The summed E-state index contributed by atoms with van der Waals surface area (Å²) in [7, 11) is 0. The summed E-state index contributed by atoms with van der Waals surface area (Å²) in [6.45, 7) is 1.95. The van der Waals surface area contributed by atoms with Crippen molar-refractivity contribution < 1.29 is 0 Å². The van der Waals surface area contributed by atoms with Crippen molar-refractivity contribution in [1.29, 1.82) is 0 Å². The molecule has 1 N–H and O–H groups in total. The number of nitrogens with zero attached hydrogens (tertiary/aromatic N) is 4. The van der Waals surface area contributed by atoms with Crippen LogP contribution in [0.4, 0.5) is 0 Å². The Morgan fingerprint density at radius 1 is 1.23 bits per heavy atom. The standard InChI is InChI=1S/C18H14ClN5OS/c1-11-4-2-7-14-16(11)21-15(22-17(14)25)9-26-18-23-20-10-24(18)13-6-3-5-12(19)8-13/h2-8,10H,9H2,1H3,(H,21,22,25). The van der Waals surface area contributed by atoms with Crippen LogP contribution in [0.25, 0.3) is 16.6 Å². The molecule has 6 nitrogen and oxygen atoms in total. The van der Waals surface area contributed by atoms with E-state index >= 15 is 0 Å².